The summed E-state index contributed by atoms with van der Waals surface area (Å²) in [7, 11) is 0. The van der Waals surface area contributed by atoms with Gasteiger partial charge >= 0.3 is 0 Å². The average molecular weight is 417 g/mol. The highest BCUT2D eigenvalue weighted by molar-refractivity contribution is 5.94. The first-order valence-electron chi connectivity index (χ1n) is 11.7. The van der Waals surface area contributed by atoms with E-state index in [0.717, 1.165) is 50.7 Å². The van der Waals surface area contributed by atoms with E-state index in [2.05, 4.69) is 39.9 Å². The van der Waals surface area contributed by atoms with Crippen molar-refractivity contribution in [2.75, 3.05) is 18.4 Å². The first-order valence-corrected chi connectivity index (χ1v) is 11.7. The van der Waals surface area contributed by atoms with Gasteiger partial charge in [0.25, 0.3) is 5.91 Å². The molecule has 0 atom stereocenters. The number of aryl methyl sites for hydroxylation is 1. The zero-order chi connectivity index (χ0) is 21.3. The minimum Gasteiger partial charge on any atom is -0.384 e. The van der Waals surface area contributed by atoms with Gasteiger partial charge in [0.15, 0.2) is 0 Å². The molecule has 0 bridgehead atoms. The van der Waals surface area contributed by atoms with Crippen LogP contribution in [-0.4, -0.2) is 29.0 Å². The predicted molar refractivity (Wildman–Crippen MR) is 127 cm³/mol. The van der Waals surface area contributed by atoms with E-state index in [9.17, 15) is 4.79 Å². The maximum atomic E-state index is 12.0. The number of amides is 1. The number of nitrogens with one attached hydrogen (secondary N) is 2. The number of aromatic nitrogens is 2. The Morgan fingerprint density at radius 1 is 0.903 bits per heavy atom. The molecule has 0 aliphatic heterocycles. The number of unbranched alkanes of at least 4 members (excludes halogenated alkanes) is 4. The van der Waals surface area contributed by atoms with Crippen LogP contribution in [0, 0.1) is 0 Å². The Bertz CT molecular complexity index is 1000. The standard InChI is InChI=1S/C26H32N4O/c31-26(20-11-10-16-27-19-20)29-18-9-3-1-2-8-17-28-25-21-12-4-6-14-23(21)30-24-15-7-5-13-22(24)25/h4,6,10-12,14,16,19H,1-3,5,7-9,13,15,17-18H2,(H,28,30)(H,29,31). The zero-order valence-corrected chi connectivity index (χ0v) is 18.2. The Labute approximate surface area is 184 Å². The van der Waals surface area contributed by atoms with Crippen molar-refractivity contribution < 1.29 is 4.79 Å². The lowest BCUT2D eigenvalue weighted by Gasteiger charge is -2.21. The second-order valence-corrected chi connectivity index (χ2v) is 8.33. The zero-order valence-electron chi connectivity index (χ0n) is 18.2. The summed E-state index contributed by atoms with van der Waals surface area (Å²) in [4.78, 5) is 20.9. The van der Waals surface area contributed by atoms with Crippen LogP contribution in [0.4, 0.5) is 5.69 Å². The molecule has 1 amide bonds. The Morgan fingerprint density at radius 3 is 2.58 bits per heavy atom. The van der Waals surface area contributed by atoms with Crippen LogP contribution in [0.15, 0.2) is 48.8 Å². The Morgan fingerprint density at radius 2 is 1.71 bits per heavy atom. The minimum absolute atomic E-state index is 0.0368. The molecule has 31 heavy (non-hydrogen) atoms. The summed E-state index contributed by atoms with van der Waals surface area (Å²) in [5.41, 5.74) is 5.78. The summed E-state index contributed by atoms with van der Waals surface area (Å²) in [5.74, 6) is -0.0368. The molecule has 1 aliphatic rings. The molecule has 0 radical (unpaired) electrons. The Balaban J connectivity index is 1.17. The van der Waals surface area contributed by atoms with Crippen molar-refractivity contribution in [2.45, 2.75) is 57.8 Å². The summed E-state index contributed by atoms with van der Waals surface area (Å²) in [6.45, 7) is 1.72. The topological polar surface area (TPSA) is 66.9 Å². The van der Waals surface area contributed by atoms with E-state index >= 15 is 0 Å². The van der Waals surface area contributed by atoms with Gasteiger partial charge in [-0.15, -0.1) is 0 Å². The highest BCUT2D eigenvalue weighted by Crippen LogP contribution is 2.33. The number of para-hydroxylation sites is 1. The molecular weight excluding hydrogens is 384 g/mol. The summed E-state index contributed by atoms with van der Waals surface area (Å²) in [6, 6.07) is 12.1. The molecule has 0 saturated heterocycles. The Kier molecular flexibility index (Phi) is 7.48. The van der Waals surface area contributed by atoms with E-state index in [0.29, 0.717) is 5.56 Å². The molecule has 4 rings (SSSR count). The number of benzene rings is 1. The summed E-state index contributed by atoms with van der Waals surface area (Å²) in [6.07, 6.45) is 13.7. The summed E-state index contributed by atoms with van der Waals surface area (Å²) in [5, 5.41) is 7.98. The molecule has 0 saturated carbocycles. The van der Waals surface area contributed by atoms with Crippen molar-refractivity contribution in [1.82, 2.24) is 15.3 Å². The number of fused-ring (bicyclic) bond motifs is 2. The number of carbonyl (C=O) groups excluding carboxylic acids is 1. The molecule has 1 aliphatic carbocycles. The van der Waals surface area contributed by atoms with Crippen LogP contribution >= 0.6 is 0 Å². The van der Waals surface area contributed by atoms with Gasteiger partial charge < -0.3 is 10.6 Å². The summed E-state index contributed by atoms with van der Waals surface area (Å²) >= 11 is 0. The molecule has 2 heterocycles. The fraction of sp³-hybridized carbons (Fsp3) is 0.423. The molecular formula is C26H32N4O. The molecule has 0 unspecified atom stereocenters. The van der Waals surface area contributed by atoms with Crippen LogP contribution in [0.3, 0.4) is 0 Å². The molecule has 0 spiro atoms. The van der Waals surface area contributed by atoms with Crippen LogP contribution in [-0.2, 0) is 12.8 Å². The van der Waals surface area contributed by atoms with E-state index in [1.54, 1.807) is 24.5 Å². The average Bonchev–Trinajstić information content (AvgIpc) is 2.82. The van der Waals surface area contributed by atoms with Crippen molar-refractivity contribution in [1.29, 1.82) is 0 Å². The minimum atomic E-state index is -0.0368. The lowest BCUT2D eigenvalue weighted by Crippen LogP contribution is -2.24. The number of anilines is 1. The van der Waals surface area contributed by atoms with Gasteiger partial charge in [-0.2, -0.15) is 0 Å². The number of hydrogen-bond acceptors (Lipinski definition) is 4. The molecule has 162 valence electrons. The van der Waals surface area contributed by atoms with Crippen LogP contribution in [0.25, 0.3) is 10.9 Å². The van der Waals surface area contributed by atoms with Crippen molar-refractivity contribution in [3.8, 4) is 0 Å². The van der Waals surface area contributed by atoms with E-state index in [4.69, 9.17) is 4.98 Å². The SMILES string of the molecule is O=C(NCCCCCCCNc1c2c(nc3ccccc13)CCCC2)c1cccnc1. The second-order valence-electron chi connectivity index (χ2n) is 8.33. The van der Waals surface area contributed by atoms with Gasteiger partial charge in [-0.25, -0.2) is 0 Å². The maximum absolute atomic E-state index is 12.0. The molecule has 2 aromatic heterocycles. The van der Waals surface area contributed by atoms with Crippen molar-refractivity contribution in [2.24, 2.45) is 0 Å². The molecule has 1 aromatic carbocycles. The van der Waals surface area contributed by atoms with Crippen LogP contribution in [0.5, 0.6) is 0 Å². The van der Waals surface area contributed by atoms with E-state index in [1.807, 2.05) is 0 Å². The van der Waals surface area contributed by atoms with E-state index in [1.165, 1.54) is 48.0 Å². The largest absolute Gasteiger partial charge is 0.384 e. The number of rotatable bonds is 10. The van der Waals surface area contributed by atoms with Gasteiger partial charge in [-0.3, -0.25) is 14.8 Å². The molecule has 0 fully saturated rings. The van der Waals surface area contributed by atoms with Crippen LogP contribution < -0.4 is 10.6 Å². The summed E-state index contributed by atoms with van der Waals surface area (Å²) < 4.78 is 0. The predicted octanol–water partition coefficient (Wildman–Crippen LogP) is 5.30. The highest BCUT2D eigenvalue weighted by atomic mass is 16.1. The quantitative estimate of drug-likeness (QED) is 0.440. The Hall–Kier alpha value is -2.95. The van der Waals surface area contributed by atoms with Gasteiger partial charge in [-0.05, 0) is 62.3 Å². The van der Waals surface area contributed by atoms with Crippen molar-refractivity contribution >= 4 is 22.5 Å². The smallest absolute Gasteiger partial charge is 0.252 e. The molecule has 3 aromatic rings. The van der Waals surface area contributed by atoms with Gasteiger partial charge in [0.05, 0.1) is 11.1 Å². The molecule has 5 nitrogen and oxygen atoms in total. The normalized spacial score (nSPS) is 13.0. The number of pyridine rings is 2. The number of carbonyl (C=O) groups is 1. The third kappa shape index (κ3) is 5.60. The van der Waals surface area contributed by atoms with Crippen LogP contribution in [0.1, 0.15) is 66.6 Å². The first kappa shape index (κ1) is 21.3. The third-order valence-electron chi connectivity index (χ3n) is 6.03. The molecule has 5 heteroatoms. The van der Waals surface area contributed by atoms with Gasteiger partial charge in [0.1, 0.15) is 0 Å². The number of nitrogens with zero attached hydrogens (tertiary/aromatic N) is 2. The lowest BCUT2D eigenvalue weighted by atomic mass is 9.92. The van der Waals surface area contributed by atoms with Crippen LogP contribution in [0.2, 0.25) is 0 Å². The fourth-order valence-electron chi connectivity index (χ4n) is 4.37. The second kappa shape index (κ2) is 10.9. The monoisotopic (exact) mass is 416 g/mol. The maximum Gasteiger partial charge on any atom is 0.252 e. The van der Waals surface area contributed by atoms with Gasteiger partial charge in [0, 0.05) is 42.3 Å². The number of hydrogen-bond donors (Lipinski definition) is 2. The lowest BCUT2D eigenvalue weighted by molar-refractivity contribution is 0.0952. The van der Waals surface area contributed by atoms with Gasteiger partial charge in [0.2, 0.25) is 0 Å². The van der Waals surface area contributed by atoms with E-state index in [-0.39, 0.29) is 5.91 Å². The van der Waals surface area contributed by atoms with Crippen molar-refractivity contribution in [3.63, 3.8) is 0 Å². The van der Waals surface area contributed by atoms with Crippen molar-refractivity contribution in [3.05, 3.63) is 65.6 Å². The third-order valence-corrected chi connectivity index (χ3v) is 6.03. The van der Waals surface area contributed by atoms with E-state index < -0.39 is 0 Å². The van der Waals surface area contributed by atoms with Gasteiger partial charge in [-0.1, -0.05) is 37.5 Å². The molecule has 2 N–H and O–H groups in total. The first-order chi connectivity index (χ1) is 15.3. The highest BCUT2D eigenvalue weighted by Gasteiger charge is 2.17. The fourth-order valence-corrected chi connectivity index (χ4v) is 4.37.